The van der Waals surface area contributed by atoms with Gasteiger partial charge in [-0.2, -0.15) is 4.98 Å². The fourth-order valence-electron chi connectivity index (χ4n) is 3.73. The summed E-state index contributed by atoms with van der Waals surface area (Å²) in [4.78, 5) is 33.7. The number of carbonyl (C=O) groups excluding carboxylic acids is 1. The third kappa shape index (κ3) is 4.62. The number of nitrogens with zero attached hydrogens (tertiary/aromatic N) is 3. The molecule has 1 amide bonds. The number of rotatable bonds is 6. The predicted molar refractivity (Wildman–Crippen MR) is 119 cm³/mol. The normalized spacial score (nSPS) is 13.0. The van der Waals surface area contributed by atoms with Gasteiger partial charge in [0.2, 0.25) is 5.91 Å². The number of carbonyl (C=O) groups is 1. The Morgan fingerprint density at radius 3 is 2.70 bits per heavy atom. The van der Waals surface area contributed by atoms with Crippen LogP contribution in [0.3, 0.4) is 0 Å². The second-order valence-corrected chi connectivity index (χ2v) is 8.39. The lowest BCUT2D eigenvalue weighted by Crippen LogP contribution is -2.30. The number of benzene rings is 1. The van der Waals surface area contributed by atoms with Crippen LogP contribution >= 0.6 is 11.8 Å². The van der Waals surface area contributed by atoms with Crippen LogP contribution < -0.4 is 11.0 Å². The maximum Gasteiger partial charge on any atom is 0.349 e. The second kappa shape index (κ2) is 9.26. The topological polar surface area (TPSA) is 76.9 Å². The van der Waals surface area contributed by atoms with E-state index in [9.17, 15) is 9.59 Å². The Morgan fingerprint density at radius 2 is 1.90 bits per heavy atom. The average molecular weight is 421 g/mol. The van der Waals surface area contributed by atoms with Gasteiger partial charge in [-0.05, 0) is 61.9 Å². The minimum absolute atomic E-state index is 0.0957. The van der Waals surface area contributed by atoms with Crippen molar-refractivity contribution in [3.8, 4) is 0 Å². The summed E-state index contributed by atoms with van der Waals surface area (Å²) in [6.45, 7) is 2.46. The summed E-state index contributed by atoms with van der Waals surface area (Å²) in [6, 6.07) is 11.5. The van der Waals surface area contributed by atoms with Gasteiger partial charge in [-0.25, -0.2) is 4.79 Å². The highest BCUT2D eigenvalue weighted by atomic mass is 32.2. The highest BCUT2D eigenvalue weighted by Crippen LogP contribution is 2.29. The molecule has 1 aliphatic rings. The van der Waals surface area contributed by atoms with Gasteiger partial charge in [0.05, 0.1) is 12.3 Å². The molecule has 4 rings (SSSR count). The first-order chi connectivity index (χ1) is 14.6. The Balaban J connectivity index is 1.54. The van der Waals surface area contributed by atoms with Gasteiger partial charge in [0.15, 0.2) is 0 Å². The molecular formula is C23H24N4O2S. The summed E-state index contributed by atoms with van der Waals surface area (Å²) in [5.74, 6) is 0.128. The fourth-order valence-corrected chi connectivity index (χ4v) is 4.61. The lowest BCUT2D eigenvalue weighted by atomic mass is 9.97. The molecule has 6 nitrogen and oxygen atoms in total. The number of hydrogen-bond acceptors (Lipinski definition) is 5. The van der Waals surface area contributed by atoms with Crippen LogP contribution in [0.4, 0.5) is 5.69 Å². The molecule has 0 saturated carbocycles. The van der Waals surface area contributed by atoms with Gasteiger partial charge in [0.1, 0.15) is 5.03 Å². The van der Waals surface area contributed by atoms with Crippen molar-refractivity contribution in [2.45, 2.75) is 44.2 Å². The summed E-state index contributed by atoms with van der Waals surface area (Å²) < 4.78 is 1.78. The molecule has 0 atom stereocenters. The van der Waals surface area contributed by atoms with Crippen molar-refractivity contribution in [1.29, 1.82) is 0 Å². The van der Waals surface area contributed by atoms with Gasteiger partial charge < -0.3 is 5.32 Å². The predicted octanol–water partition coefficient (Wildman–Crippen LogP) is 3.60. The van der Waals surface area contributed by atoms with E-state index in [4.69, 9.17) is 0 Å². The van der Waals surface area contributed by atoms with Gasteiger partial charge in [0, 0.05) is 29.3 Å². The molecule has 0 unspecified atom stereocenters. The van der Waals surface area contributed by atoms with E-state index in [-0.39, 0.29) is 17.3 Å². The number of aromatic nitrogens is 3. The fraction of sp³-hybridized carbons (Fsp3) is 0.304. The largest absolute Gasteiger partial charge is 0.349 e. The summed E-state index contributed by atoms with van der Waals surface area (Å²) >= 11 is 1.35. The zero-order chi connectivity index (χ0) is 20.9. The van der Waals surface area contributed by atoms with Crippen LogP contribution in [-0.2, 0) is 24.2 Å². The summed E-state index contributed by atoms with van der Waals surface area (Å²) in [5.41, 5.74) is 4.77. The summed E-state index contributed by atoms with van der Waals surface area (Å²) in [7, 11) is 0. The second-order valence-electron chi connectivity index (χ2n) is 7.43. The van der Waals surface area contributed by atoms with Crippen LogP contribution in [0.25, 0.3) is 0 Å². The average Bonchev–Trinajstić information content (AvgIpc) is 2.77. The zero-order valence-corrected chi connectivity index (χ0v) is 17.7. The van der Waals surface area contributed by atoms with Crippen molar-refractivity contribution >= 4 is 23.4 Å². The number of fused-ring (bicyclic) bond motifs is 1. The first-order valence-electron chi connectivity index (χ1n) is 10.1. The van der Waals surface area contributed by atoms with Crippen molar-refractivity contribution in [3.05, 3.63) is 81.7 Å². The van der Waals surface area contributed by atoms with Crippen molar-refractivity contribution in [1.82, 2.24) is 14.5 Å². The number of nitrogens with one attached hydrogen (secondary N) is 1. The lowest BCUT2D eigenvalue weighted by Gasteiger charge is -2.22. The molecule has 30 heavy (non-hydrogen) atoms. The zero-order valence-electron chi connectivity index (χ0n) is 16.9. The highest BCUT2D eigenvalue weighted by Gasteiger charge is 2.21. The third-order valence-corrected chi connectivity index (χ3v) is 6.32. The molecule has 1 N–H and O–H groups in total. The van der Waals surface area contributed by atoms with E-state index in [0.29, 0.717) is 11.6 Å². The Labute approximate surface area is 179 Å². The first-order valence-corrected chi connectivity index (χ1v) is 11.1. The molecule has 0 radical (unpaired) electrons. The minimum atomic E-state index is -0.255. The van der Waals surface area contributed by atoms with E-state index in [0.717, 1.165) is 53.8 Å². The van der Waals surface area contributed by atoms with Crippen molar-refractivity contribution in [2.75, 3.05) is 11.1 Å². The van der Waals surface area contributed by atoms with Crippen LogP contribution in [0.5, 0.6) is 0 Å². The maximum absolute atomic E-state index is 12.8. The van der Waals surface area contributed by atoms with Gasteiger partial charge in [-0.3, -0.25) is 14.3 Å². The molecular weight excluding hydrogens is 396 g/mol. The quantitative estimate of drug-likeness (QED) is 0.487. The molecule has 154 valence electrons. The molecule has 2 aromatic heterocycles. The van der Waals surface area contributed by atoms with E-state index >= 15 is 0 Å². The smallest absolute Gasteiger partial charge is 0.325 e. The molecule has 0 fully saturated rings. The molecule has 0 spiro atoms. The van der Waals surface area contributed by atoms with E-state index < -0.39 is 0 Å². The highest BCUT2D eigenvalue weighted by molar-refractivity contribution is 8.00. The molecule has 7 heteroatoms. The van der Waals surface area contributed by atoms with Gasteiger partial charge in [0.25, 0.3) is 0 Å². The minimum Gasteiger partial charge on any atom is -0.325 e. The van der Waals surface area contributed by atoms with Gasteiger partial charge in [-0.15, -0.1) is 0 Å². The van der Waals surface area contributed by atoms with Crippen molar-refractivity contribution < 1.29 is 4.79 Å². The first kappa shape index (κ1) is 20.3. The molecule has 0 saturated heterocycles. The SMILES string of the molecule is Cc1ccccc1NC(=O)CSc1nc(=O)n(Cc2ccncc2)c2c1CCCC2. The number of aryl methyl sites for hydroxylation is 1. The van der Waals surface area contributed by atoms with E-state index in [2.05, 4.69) is 15.3 Å². The monoisotopic (exact) mass is 420 g/mol. The van der Waals surface area contributed by atoms with Crippen LogP contribution in [0.2, 0.25) is 0 Å². The molecule has 3 aromatic rings. The van der Waals surface area contributed by atoms with Crippen LogP contribution in [0, 0.1) is 6.92 Å². The Hall–Kier alpha value is -2.93. The number of pyridine rings is 1. The molecule has 1 aromatic carbocycles. The molecule has 1 aliphatic carbocycles. The Kier molecular flexibility index (Phi) is 6.28. The van der Waals surface area contributed by atoms with E-state index in [1.807, 2.05) is 43.3 Å². The van der Waals surface area contributed by atoms with E-state index in [1.54, 1.807) is 17.0 Å². The maximum atomic E-state index is 12.8. The van der Waals surface area contributed by atoms with Crippen molar-refractivity contribution in [2.24, 2.45) is 0 Å². The number of anilines is 1. The van der Waals surface area contributed by atoms with E-state index in [1.165, 1.54) is 11.8 Å². The lowest BCUT2D eigenvalue weighted by molar-refractivity contribution is -0.113. The number of hydrogen-bond donors (Lipinski definition) is 1. The van der Waals surface area contributed by atoms with Gasteiger partial charge >= 0.3 is 5.69 Å². The molecule has 0 aliphatic heterocycles. The summed E-state index contributed by atoms with van der Waals surface area (Å²) in [6.07, 6.45) is 7.35. The molecule has 0 bridgehead atoms. The number of thioether (sulfide) groups is 1. The van der Waals surface area contributed by atoms with Crippen LogP contribution in [0.15, 0.2) is 58.6 Å². The van der Waals surface area contributed by atoms with Crippen molar-refractivity contribution in [3.63, 3.8) is 0 Å². The van der Waals surface area contributed by atoms with Crippen LogP contribution in [-0.4, -0.2) is 26.2 Å². The summed E-state index contributed by atoms with van der Waals surface area (Å²) in [5, 5.41) is 3.64. The Morgan fingerprint density at radius 1 is 1.13 bits per heavy atom. The Bertz CT molecular complexity index is 1110. The van der Waals surface area contributed by atoms with Crippen LogP contribution in [0.1, 0.15) is 35.2 Å². The van der Waals surface area contributed by atoms with Gasteiger partial charge in [-0.1, -0.05) is 30.0 Å². The standard InChI is InChI=1S/C23H24N4O2S/c1-16-6-2-4-8-19(16)25-21(28)15-30-22-18-7-3-5-9-20(18)27(23(29)26-22)14-17-10-12-24-13-11-17/h2,4,6,8,10-13H,3,5,7,9,14-15H2,1H3,(H,25,28). The molecule has 2 heterocycles. The third-order valence-electron chi connectivity index (χ3n) is 5.30. The number of para-hydroxylation sites is 1. The number of amides is 1.